The van der Waals surface area contributed by atoms with Gasteiger partial charge in [0.1, 0.15) is 0 Å². The minimum Gasteiger partial charge on any atom is -0.298 e. The van der Waals surface area contributed by atoms with Crippen molar-refractivity contribution in [3.63, 3.8) is 0 Å². The number of carbonyl (C=O) groups is 2. The maximum atomic E-state index is 10.6. The van der Waals surface area contributed by atoms with Gasteiger partial charge in [-0.3, -0.25) is 14.6 Å². The van der Waals surface area contributed by atoms with Gasteiger partial charge >= 0.3 is 0 Å². The van der Waals surface area contributed by atoms with Gasteiger partial charge in [-0.2, -0.15) is 0 Å². The number of nitrogens with zero attached hydrogens (tertiary/aromatic N) is 1. The third-order valence-electron chi connectivity index (χ3n) is 1.55. The molecule has 4 heteroatoms. The molecule has 3 nitrogen and oxygen atoms in total. The van der Waals surface area contributed by atoms with Crippen LogP contribution in [0.2, 0.25) is 0 Å². The topological polar surface area (TPSA) is 47.0 Å². The molecular weight excluding hydrogens is 210 g/mol. The Morgan fingerprint density at radius 1 is 1.67 bits per heavy atom. The van der Waals surface area contributed by atoms with Crippen LogP contribution in [0.4, 0.5) is 0 Å². The molecule has 76 valence electrons. The van der Waals surface area contributed by atoms with Crippen LogP contribution in [0.3, 0.4) is 0 Å². The highest BCUT2D eigenvalue weighted by Gasteiger charge is 1.96. The standard InChI is InChI=1S/C11H9NO2S/c1-9(14)15-6-2-3-10-7-12-5-4-11(10)8-13/h4-5,7-8H,6H2,1H3. The van der Waals surface area contributed by atoms with Gasteiger partial charge in [0.25, 0.3) is 0 Å². The number of hydrogen-bond acceptors (Lipinski definition) is 4. The van der Waals surface area contributed by atoms with E-state index in [9.17, 15) is 9.59 Å². The molecule has 0 spiro atoms. The van der Waals surface area contributed by atoms with Gasteiger partial charge < -0.3 is 0 Å². The second-order valence-corrected chi connectivity index (χ2v) is 3.82. The van der Waals surface area contributed by atoms with E-state index < -0.39 is 0 Å². The molecule has 15 heavy (non-hydrogen) atoms. The summed E-state index contributed by atoms with van der Waals surface area (Å²) in [7, 11) is 0. The Morgan fingerprint density at radius 2 is 2.47 bits per heavy atom. The van der Waals surface area contributed by atoms with Crippen LogP contribution >= 0.6 is 11.8 Å². The first kappa shape index (κ1) is 11.5. The highest BCUT2D eigenvalue weighted by molar-refractivity contribution is 8.13. The lowest BCUT2D eigenvalue weighted by molar-refractivity contribution is -0.109. The Hall–Kier alpha value is -1.60. The fourth-order valence-electron chi connectivity index (χ4n) is 0.881. The van der Waals surface area contributed by atoms with Crippen molar-refractivity contribution in [3.05, 3.63) is 29.6 Å². The van der Waals surface area contributed by atoms with Gasteiger partial charge in [-0.15, -0.1) is 0 Å². The summed E-state index contributed by atoms with van der Waals surface area (Å²) >= 11 is 1.14. The predicted octanol–water partition coefficient (Wildman–Crippen LogP) is 1.53. The second-order valence-electron chi connectivity index (χ2n) is 2.66. The van der Waals surface area contributed by atoms with Crippen LogP contribution in [0.25, 0.3) is 0 Å². The molecule has 0 bridgehead atoms. The second kappa shape index (κ2) is 5.99. The molecule has 0 N–H and O–H groups in total. The molecule has 0 unspecified atom stereocenters. The van der Waals surface area contributed by atoms with Gasteiger partial charge in [0, 0.05) is 24.9 Å². The minimum absolute atomic E-state index is 0.0334. The van der Waals surface area contributed by atoms with Gasteiger partial charge in [-0.1, -0.05) is 23.6 Å². The summed E-state index contributed by atoms with van der Waals surface area (Å²) in [5.74, 6) is 6.04. The van der Waals surface area contributed by atoms with Crippen molar-refractivity contribution < 1.29 is 9.59 Å². The van der Waals surface area contributed by atoms with E-state index in [1.165, 1.54) is 13.1 Å². The molecule has 0 aliphatic carbocycles. The van der Waals surface area contributed by atoms with Gasteiger partial charge in [-0.05, 0) is 6.07 Å². The molecule has 0 saturated heterocycles. The van der Waals surface area contributed by atoms with E-state index >= 15 is 0 Å². The van der Waals surface area contributed by atoms with Crippen LogP contribution in [-0.2, 0) is 4.79 Å². The summed E-state index contributed by atoms with van der Waals surface area (Å²) in [5.41, 5.74) is 1.11. The van der Waals surface area contributed by atoms with E-state index in [1.54, 1.807) is 12.3 Å². The molecule has 1 aromatic rings. The predicted molar refractivity (Wildman–Crippen MR) is 59.6 cm³/mol. The molecule has 0 atom stereocenters. The number of rotatable bonds is 2. The molecule has 0 aliphatic rings. The quantitative estimate of drug-likeness (QED) is 0.559. The number of pyridine rings is 1. The van der Waals surface area contributed by atoms with Crippen molar-refractivity contribution >= 4 is 23.2 Å². The Labute approximate surface area is 92.3 Å². The molecule has 0 aliphatic heterocycles. The summed E-state index contributed by atoms with van der Waals surface area (Å²) in [5, 5.41) is 0.0334. The van der Waals surface area contributed by atoms with Crippen LogP contribution < -0.4 is 0 Å². The largest absolute Gasteiger partial charge is 0.298 e. The third-order valence-corrected chi connectivity index (χ3v) is 2.25. The monoisotopic (exact) mass is 219 g/mol. The summed E-state index contributed by atoms with van der Waals surface area (Å²) in [6, 6.07) is 1.61. The lowest BCUT2D eigenvalue weighted by Crippen LogP contribution is -1.88. The average Bonchev–Trinajstić information content (AvgIpc) is 2.24. The summed E-state index contributed by atoms with van der Waals surface area (Å²) in [6.07, 6.45) is 3.82. The first-order valence-electron chi connectivity index (χ1n) is 4.25. The molecule has 1 heterocycles. The van der Waals surface area contributed by atoms with Crippen LogP contribution in [0.15, 0.2) is 18.5 Å². The molecule has 0 radical (unpaired) electrons. The zero-order chi connectivity index (χ0) is 11.1. The van der Waals surface area contributed by atoms with E-state index in [4.69, 9.17) is 0 Å². The van der Waals surface area contributed by atoms with Crippen molar-refractivity contribution in [2.24, 2.45) is 0 Å². The molecule has 1 rings (SSSR count). The van der Waals surface area contributed by atoms with Crippen molar-refractivity contribution in [1.29, 1.82) is 0 Å². The van der Waals surface area contributed by atoms with Crippen molar-refractivity contribution in [3.8, 4) is 11.8 Å². The maximum absolute atomic E-state index is 10.6. The summed E-state index contributed by atoms with van der Waals surface area (Å²) in [4.78, 5) is 25.1. The van der Waals surface area contributed by atoms with Gasteiger partial charge in [0.15, 0.2) is 11.4 Å². The van der Waals surface area contributed by atoms with Crippen molar-refractivity contribution in [2.75, 3.05) is 5.75 Å². The highest BCUT2D eigenvalue weighted by atomic mass is 32.2. The third kappa shape index (κ3) is 3.96. The lowest BCUT2D eigenvalue weighted by atomic mass is 10.2. The lowest BCUT2D eigenvalue weighted by Gasteiger charge is -1.92. The van der Waals surface area contributed by atoms with E-state index in [0.29, 0.717) is 16.9 Å². The zero-order valence-electron chi connectivity index (χ0n) is 8.19. The smallest absolute Gasteiger partial charge is 0.186 e. The normalized spacial score (nSPS) is 8.87. The van der Waals surface area contributed by atoms with Crippen LogP contribution in [0.5, 0.6) is 0 Å². The molecule has 0 amide bonds. The van der Waals surface area contributed by atoms with Crippen LogP contribution in [0, 0.1) is 11.8 Å². The molecule has 1 aromatic heterocycles. The maximum Gasteiger partial charge on any atom is 0.186 e. The molecular formula is C11H9NO2S. The first-order valence-corrected chi connectivity index (χ1v) is 5.24. The number of carbonyl (C=O) groups excluding carboxylic acids is 2. The Kier molecular flexibility index (Phi) is 4.58. The molecule has 0 saturated carbocycles. The Balaban J connectivity index is 2.70. The van der Waals surface area contributed by atoms with E-state index in [2.05, 4.69) is 16.8 Å². The molecule has 0 fully saturated rings. The fraction of sp³-hybridized carbons (Fsp3) is 0.182. The van der Waals surface area contributed by atoms with Gasteiger partial charge in [0.2, 0.25) is 0 Å². The average molecular weight is 219 g/mol. The SMILES string of the molecule is CC(=O)SCC#Cc1cnccc1C=O. The number of hydrogen-bond donors (Lipinski definition) is 0. The number of aldehydes is 1. The van der Waals surface area contributed by atoms with Crippen LogP contribution in [-0.4, -0.2) is 22.1 Å². The minimum atomic E-state index is 0.0334. The van der Waals surface area contributed by atoms with Crippen molar-refractivity contribution in [2.45, 2.75) is 6.92 Å². The van der Waals surface area contributed by atoms with E-state index in [-0.39, 0.29) is 5.12 Å². The summed E-state index contributed by atoms with van der Waals surface area (Å²) < 4.78 is 0. The van der Waals surface area contributed by atoms with E-state index in [0.717, 1.165) is 18.0 Å². The zero-order valence-corrected chi connectivity index (χ0v) is 9.00. The summed E-state index contributed by atoms with van der Waals surface area (Å²) in [6.45, 7) is 1.49. The Morgan fingerprint density at radius 3 is 3.13 bits per heavy atom. The Bertz CT molecular complexity index is 432. The first-order chi connectivity index (χ1) is 7.24. The highest BCUT2D eigenvalue weighted by Crippen LogP contribution is 2.03. The van der Waals surface area contributed by atoms with Crippen LogP contribution in [0.1, 0.15) is 22.8 Å². The van der Waals surface area contributed by atoms with Crippen molar-refractivity contribution in [1.82, 2.24) is 4.98 Å². The van der Waals surface area contributed by atoms with Gasteiger partial charge in [-0.25, -0.2) is 0 Å². The van der Waals surface area contributed by atoms with Gasteiger partial charge in [0.05, 0.1) is 11.3 Å². The number of aromatic nitrogens is 1. The molecule has 0 aromatic carbocycles. The van der Waals surface area contributed by atoms with E-state index in [1.807, 2.05) is 0 Å². The fourth-order valence-corrected chi connectivity index (χ4v) is 1.23. The number of thioether (sulfide) groups is 1.